The molecule has 0 saturated heterocycles. The first-order chi connectivity index (χ1) is 10.1. The van der Waals surface area contributed by atoms with Crippen LogP contribution >= 0.6 is 0 Å². The highest BCUT2D eigenvalue weighted by atomic mass is 16.3. The van der Waals surface area contributed by atoms with E-state index in [0.29, 0.717) is 12.8 Å². The van der Waals surface area contributed by atoms with Crippen LogP contribution in [0.5, 0.6) is 0 Å². The van der Waals surface area contributed by atoms with Gasteiger partial charge in [-0.1, -0.05) is 31.5 Å². The van der Waals surface area contributed by atoms with Gasteiger partial charge in [0, 0.05) is 23.6 Å². The van der Waals surface area contributed by atoms with Gasteiger partial charge >= 0.3 is 0 Å². The first-order valence-corrected chi connectivity index (χ1v) is 7.38. The summed E-state index contributed by atoms with van der Waals surface area (Å²) < 4.78 is 0. The standard InChI is InChI=1S/C16H23N3O2/c1-2-5-12(20)10-19-16(21)14(17)8-11-9-18-15-7-4-3-6-13(11)15/h3-4,6-7,9,12,14,18,20H,2,5,8,10,17H2,1H3,(H,19,21)/t12?,14-/m1/s1. The van der Waals surface area contributed by atoms with Gasteiger partial charge in [-0.25, -0.2) is 0 Å². The SMILES string of the molecule is CCCC(O)CNC(=O)[C@H](N)Cc1c[nH]c2ccccc12. The fraction of sp³-hybridized carbons (Fsp3) is 0.438. The third kappa shape index (κ3) is 4.06. The number of rotatable bonds is 7. The van der Waals surface area contributed by atoms with Gasteiger partial charge in [0.15, 0.2) is 0 Å². The zero-order valence-corrected chi connectivity index (χ0v) is 12.3. The summed E-state index contributed by atoms with van der Waals surface area (Å²) in [6, 6.07) is 7.32. The molecule has 2 aromatic rings. The van der Waals surface area contributed by atoms with Gasteiger partial charge in [0.05, 0.1) is 12.1 Å². The molecular weight excluding hydrogens is 266 g/mol. The molecule has 0 aliphatic heterocycles. The van der Waals surface area contributed by atoms with Crippen molar-refractivity contribution in [1.29, 1.82) is 0 Å². The van der Waals surface area contributed by atoms with E-state index in [1.165, 1.54) is 0 Å². The van der Waals surface area contributed by atoms with Gasteiger partial charge in [-0.05, 0) is 24.5 Å². The lowest BCUT2D eigenvalue weighted by Crippen LogP contribution is -2.44. The van der Waals surface area contributed by atoms with Gasteiger partial charge in [0.25, 0.3) is 0 Å². The van der Waals surface area contributed by atoms with Crippen LogP contribution in [0.25, 0.3) is 10.9 Å². The smallest absolute Gasteiger partial charge is 0.237 e. The number of nitrogens with two attached hydrogens (primary N) is 1. The summed E-state index contributed by atoms with van der Waals surface area (Å²) in [5.74, 6) is -0.226. The molecule has 1 aromatic carbocycles. The maximum atomic E-state index is 12.0. The van der Waals surface area contributed by atoms with E-state index in [-0.39, 0.29) is 12.5 Å². The highest BCUT2D eigenvalue weighted by Crippen LogP contribution is 2.18. The van der Waals surface area contributed by atoms with E-state index in [9.17, 15) is 9.90 Å². The zero-order valence-electron chi connectivity index (χ0n) is 12.3. The molecule has 1 unspecified atom stereocenters. The van der Waals surface area contributed by atoms with Crippen molar-refractivity contribution in [2.75, 3.05) is 6.54 Å². The molecule has 0 fully saturated rings. The lowest BCUT2D eigenvalue weighted by molar-refractivity contribution is -0.122. The summed E-state index contributed by atoms with van der Waals surface area (Å²) in [7, 11) is 0. The predicted molar refractivity (Wildman–Crippen MR) is 83.9 cm³/mol. The minimum absolute atomic E-state index is 0.226. The number of para-hydroxylation sites is 1. The van der Waals surface area contributed by atoms with Crippen molar-refractivity contribution >= 4 is 16.8 Å². The number of hydrogen-bond acceptors (Lipinski definition) is 3. The molecule has 0 aliphatic rings. The zero-order chi connectivity index (χ0) is 15.2. The molecule has 1 amide bonds. The van der Waals surface area contributed by atoms with Crippen LogP contribution in [0.4, 0.5) is 0 Å². The Hall–Kier alpha value is -1.85. The molecule has 114 valence electrons. The number of hydrogen-bond donors (Lipinski definition) is 4. The number of aliphatic hydroxyl groups excluding tert-OH is 1. The topological polar surface area (TPSA) is 91.1 Å². The average Bonchev–Trinajstić information content (AvgIpc) is 2.88. The second-order valence-corrected chi connectivity index (χ2v) is 5.36. The van der Waals surface area contributed by atoms with Crippen molar-refractivity contribution in [1.82, 2.24) is 10.3 Å². The number of fused-ring (bicyclic) bond motifs is 1. The monoisotopic (exact) mass is 289 g/mol. The Balaban J connectivity index is 1.91. The maximum Gasteiger partial charge on any atom is 0.237 e. The van der Waals surface area contributed by atoms with E-state index in [2.05, 4.69) is 10.3 Å². The summed E-state index contributed by atoms with van der Waals surface area (Å²) in [6.07, 6.45) is 3.43. The molecule has 5 nitrogen and oxygen atoms in total. The molecule has 0 spiro atoms. The molecule has 5 N–H and O–H groups in total. The van der Waals surface area contributed by atoms with Gasteiger partial charge < -0.3 is 21.1 Å². The quantitative estimate of drug-likeness (QED) is 0.619. The second-order valence-electron chi connectivity index (χ2n) is 5.36. The van der Waals surface area contributed by atoms with Crippen LogP contribution in [0, 0.1) is 0 Å². The lowest BCUT2D eigenvalue weighted by Gasteiger charge is -2.14. The van der Waals surface area contributed by atoms with Crippen molar-refractivity contribution in [3.63, 3.8) is 0 Å². The summed E-state index contributed by atoms with van der Waals surface area (Å²) >= 11 is 0. The number of aliphatic hydroxyl groups is 1. The fourth-order valence-electron chi connectivity index (χ4n) is 2.41. The number of benzene rings is 1. The molecule has 1 aromatic heterocycles. The summed E-state index contributed by atoms with van der Waals surface area (Å²) in [6.45, 7) is 2.25. The molecule has 0 saturated carbocycles. The Morgan fingerprint density at radius 3 is 2.95 bits per heavy atom. The summed E-state index contributed by atoms with van der Waals surface area (Å²) in [5.41, 5.74) is 8.02. The third-order valence-electron chi connectivity index (χ3n) is 3.59. The van der Waals surface area contributed by atoms with E-state index in [0.717, 1.165) is 22.9 Å². The van der Waals surface area contributed by atoms with Gasteiger partial charge in [0.1, 0.15) is 0 Å². The van der Waals surface area contributed by atoms with Crippen molar-refractivity contribution < 1.29 is 9.90 Å². The Kier molecular flexibility index (Phi) is 5.36. The highest BCUT2D eigenvalue weighted by molar-refractivity contribution is 5.86. The van der Waals surface area contributed by atoms with Crippen LogP contribution in [0.1, 0.15) is 25.3 Å². The number of H-pyrrole nitrogens is 1. The van der Waals surface area contributed by atoms with Gasteiger partial charge in [-0.2, -0.15) is 0 Å². The average molecular weight is 289 g/mol. The molecule has 0 bridgehead atoms. The lowest BCUT2D eigenvalue weighted by atomic mass is 10.0. The largest absolute Gasteiger partial charge is 0.391 e. The van der Waals surface area contributed by atoms with Crippen LogP contribution in [0.15, 0.2) is 30.5 Å². The molecule has 5 heteroatoms. The Morgan fingerprint density at radius 2 is 2.19 bits per heavy atom. The van der Waals surface area contributed by atoms with E-state index in [1.54, 1.807) is 0 Å². The molecule has 21 heavy (non-hydrogen) atoms. The summed E-state index contributed by atoms with van der Waals surface area (Å²) in [5, 5.41) is 13.4. The van der Waals surface area contributed by atoms with Crippen molar-refractivity contribution in [3.8, 4) is 0 Å². The Labute approximate surface area is 124 Å². The van der Waals surface area contributed by atoms with Crippen LogP contribution in [-0.4, -0.2) is 34.7 Å². The van der Waals surface area contributed by atoms with Crippen LogP contribution < -0.4 is 11.1 Å². The predicted octanol–water partition coefficient (Wildman–Crippen LogP) is 1.31. The van der Waals surface area contributed by atoms with Crippen LogP contribution in [0.2, 0.25) is 0 Å². The highest BCUT2D eigenvalue weighted by Gasteiger charge is 2.16. The minimum Gasteiger partial charge on any atom is -0.391 e. The van der Waals surface area contributed by atoms with E-state index in [1.807, 2.05) is 37.4 Å². The molecule has 0 aliphatic carbocycles. The van der Waals surface area contributed by atoms with Crippen LogP contribution in [0.3, 0.4) is 0 Å². The number of nitrogens with one attached hydrogen (secondary N) is 2. The van der Waals surface area contributed by atoms with E-state index in [4.69, 9.17) is 5.73 Å². The number of carbonyl (C=O) groups is 1. The number of carbonyl (C=O) groups excluding carboxylic acids is 1. The van der Waals surface area contributed by atoms with E-state index >= 15 is 0 Å². The van der Waals surface area contributed by atoms with Crippen molar-refractivity contribution in [2.45, 2.75) is 38.3 Å². The number of amides is 1. The first kappa shape index (κ1) is 15.5. The van der Waals surface area contributed by atoms with Gasteiger partial charge in [-0.15, -0.1) is 0 Å². The molecule has 2 rings (SSSR count). The Bertz CT molecular complexity index is 594. The maximum absolute atomic E-state index is 12.0. The van der Waals surface area contributed by atoms with Gasteiger partial charge in [-0.3, -0.25) is 4.79 Å². The number of aromatic nitrogens is 1. The fourth-order valence-corrected chi connectivity index (χ4v) is 2.41. The number of aromatic amines is 1. The van der Waals surface area contributed by atoms with Crippen LogP contribution in [-0.2, 0) is 11.2 Å². The summed E-state index contributed by atoms with van der Waals surface area (Å²) in [4.78, 5) is 15.1. The molecule has 2 atom stereocenters. The normalized spacial score (nSPS) is 14.0. The van der Waals surface area contributed by atoms with Crippen molar-refractivity contribution in [3.05, 3.63) is 36.0 Å². The van der Waals surface area contributed by atoms with Crippen molar-refractivity contribution in [2.24, 2.45) is 5.73 Å². The minimum atomic E-state index is -0.613. The molecule has 1 heterocycles. The first-order valence-electron chi connectivity index (χ1n) is 7.38. The van der Waals surface area contributed by atoms with E-state index < -0.39 is 12.1 Å². The second kappa shape index (κ2) is 7.24. The van der Waals surface area contributed by atoms with Gasteiger partial charge in [0.2, 0.25) is 5.91 Å². The molecule has 0 radical (unpaired) electrons. The Morgan fingerprint density at radius 1 is 1.43 bits per heavy atom. The molecular formula is C16H23N3O2. The third-order valence-corrected chi connectivity index (χ3v) is 3.59.